The third-order valence-electron chi connectivity index (χ3n) is 7.48. The molecule has 0 radical (unpaired) electrons. The minimum atomic E-state index is -0.843. The molecule has 0 spiro atoms. The van der Waals surface area contributed by atoms with E-state index in [-0.39, 0.29) is 36.0 Å². The van der Waals surface area contributed by atoms with E-state index in [1.807, 2.05) is 30.3 Å². The van der Waals surface area contributed by atoms with Crippen molar-refractivity contribution in [3.63, 3.8) is 0 Å². The van der Waals surface area contributed by atoms with Crippen LogP contribution in [0.3, 0.4) is 0 Å². The van der Waals surface area contributed by atoms with Gasteiger partial charge in [0.15, 0.2) is 0 Å². The molecule has 2 heterocycles. The molecule has 11 heteroatoms. The van der Waals surface area contributed by atoms with E-state index in [1.165, 1.54) is 11.3 Å². The van der Waals surface area contributed by atoms with Gasteiger partial charge in [-0.1, -0.05) is 71.9 Å². The summed E-state index contributed by atoms with van der Waals surface area (Å²) < 4.78 is 10.8. The van der Waals surface area contributed by atoms with Crippen LogP contribution in [0, 0.1) is 11.3 Å². The second kappa shape index (κ2) is 14.8. The van der Waals surface area contributed by atoms with Crippen LogP contribution >= 0.6 is 34.7 Å². The molecule has 1 aromatic heterocycles. The first-order chi connectivity index (χ1) is 21.9. The van der Waals surface area contributed by atoms with Crippen LogP contribution in [-0.4, -0.2) is 36.8 Å². The molecule has 1 aliphatic heterocycles. The molecule has 8 nitrogen and oxygen atoms in total. The number of benzene rings is 2. The lowest BCUT2D eigenvalue weighted by atomic mass is 9.81. The van der Waals surface area contributed by atoms with Crippen LogP contribution in [0.4, 0.5) is 5.00 Å². The zero-order valence-corrected chi connectivity index (χ0v) is 27.3. The Morgan fingerprint density at radius 3 is 2.42 bits per heavy atom. The summed E-state index contributed by atoms with van der Waals surface area (Å²) >= 11 is 9.22. The van der Waals surface area contributed by atoms with E-state index in [0.717, 1.165) is 47.9 Å². The number of ether oxygens (including phenoxy) is 2. The van der Waals surface area contributed by atoms with E-state index in [0.29, 0.717) is 37.4 Å². The number of rotatable bonds is 10. The van der Waals surface area contributed by atoms with Crippen LogP contribution in [0.25, 0.3) is 5.70 Å². The Morgan fingerprint density at radius 1 is 1.02 bits per heavy atom. The normalized spacial score (nSPS) is 15.9. The fourth-order valence-electron chi connectivity index (χ4n) is 5.55. The SMILES string of the molecule is CCOC(=O)C1=C(c2ccccc2)NC(SCC(=O)Nc2sc3c(c2C(=O)OCC)CCCC3)=C(C#N)C1c1ccccc1Cl. The number of fused-ring (bicyclic) bond motifs is 1. The number of halogens is 1. The van der Waals surface area contributed by atoms with E-state index < -0.39 is 17.9 Å². The van der Waals surface area contributed by atoms with Crippen LogP contribution < -0.4 is 10.6 Å². The molecule has 0 saturated carbocycles. The smallest absolute Gasteiger partial charge is 0.341 e. The maximum Gasteiger partial charge on any atom is 0.341 e. The van der Waals surface area contributed by atoms with Gasteiger partial charge in [-0.25, -0.2) is 9.59 Å². The number of thiophene rings is 1. The Balaban J connectivity index is 1.50. The number of nitriles is 1. The molecule has 1 unspecified atom stereocenters. The van der Waals surface area contributed by atoms with Crippen molar-refractivity contribution in [2.75, 3.05) is 24.3 Å². The molecule has 1 atom stereocenters. The fourth-order valence-corrected chi connectivity index (χ4v) is 7.93. The largest absolute Gasteiger partial charge is 0.463 e. The Bertz CT molecular complexity index is 1720. The summed E-state index contributed by atoms with van der Waals surface area (Å²) in [7, 11) is 0. The first kappa shape index (κ1) is 32.4. The van der Waals surface area contributed by atoms with E-state index in [2.05, 4.69) is 16.7 Å². The standard InChI is InChI=1S/C34H32ClN3O5S2/c1-3-42-33(40)28-22-15-9-11-17-25(22)45-32(28)37-26(39)19-44-31-23(18-36)27(21-14-8-10-16-24(21)35)29(34(41)43-4-2)30(38-31)20-12-6-5-7-13-20/h5-8,10,12-14,16,27,38H,3-4,9,11,15,17,19H2,1-2H3,(H,37,39). The maximum atomic E-state index is 13.5. The monoisotopic (exact) mass is 661 g/mol. The molecule has 0 bridgehead atoms. The highest BCUT2D eigenvalue weighted by Crippen LogP contribution is 2.45. The van der Waals surface area contributed by atoms with Gasteiger partial charge >= 0.3 is 11.9 Å². The topological polar surface area (TPSA) is 118 Å². The van der Waals surface area contributed by atoms with Crippen molar-refractivity contribution in [1.82, 2.24) is 5.32 Å². The number of carbonyl (C=O) groups excluding carboxylic acids is 3. The summed E-state index contributed by atoms with van der Waals surface area (Å²) in [6, 6.07) is 18.6. The molecule has 1 aliphatic carbocycles. The average molecular weight is 662 g/mol. The quantitative estimate of drug-likeness (QED) is 0.219. The van der Waals surface area contributed by atoms with Crippen LogP contribution in [0.15, 0.2) is 70.8 Å². The summed E-state index contributed by atoms with van der Waals surface area (Å²) in [6.45, 7) is 3.86. The van der Waals surface area contributed by atoms with Crippen LogP contribution in [0.5, 0.6) is 0 Å². The number of hydrogen-bond acceptors (Lipinski definition) is 9. The van der Waals surface area contributed by atoms with Crippen LogP contribution in [0.2, 0.25) is 5.02 Å². The highest BCUT2D eigenvalue weighted by atomic mass is 35.5. The van der Waals surface area contributed by atoms with Gasteiger partial charge in [-0.15, -0.1) is 11.3 Å². The number of thioether (sulfide) groups is 1. The molecule has 45 heavy (non-hydrogen) atoms. The molecule has 5 rings (SSSR count). The second-order valence-electron chi connectivity index (χ2n) is 10.3. The van der Waals surface area contributed by atoms with Gasteiger partial charge in [0.2, 0.25) is 5.91 Å². The molecule has 2 aromatic carbocycles. The number of nitrogens with zero attached hydrogens (tertiary/aromatic N) is 1. The van der Waals surface area contributed by atoms with E-state index >= 15 is 0 Å². The Hall–Kier alpha value is -4.04. The zero-order valence-electron chi connectivity index (χ0n) is 24.9. The van der Waals surface area contributed by atoms with E-state index in [4.69, 9.17) is 21.1 Å². The zero-order chi connectivity index (χ0) is 31.9. The Morgan fingerprint density at radius 2 is 1.71 bits per heavy atom. The van der Waals surface area contributed by atoms with Crippen molar-refractivity contribution in [1.29, 1.82) is 5.26 Å². The molecule has 2 N–H and O–H groups in total. The number of hydrogen-bond donors (Lipinski definition) is 2. The number of nitrogens with one attached hydrogen (secondary N) is 2. The number of amides is 1. The number of dihydropyridines is 1. The first-order valence-electron chi connectivity index (χ1n) is 14.7. The number of carbonyl (C=O) groups is 3. The molecule has 3 aromatic rings. The van der Waals surface area contributed by atoms with Gasteiger partial charge < -0.3 is 20.1 Å². The summed E-state index contributed by atoms with van der Waals surface area (Å²) in [4.78, 5) is 40.9. The molecular formula is C34H32ClN3O5S2. The molecular weight excluding hydrogens is 630 g/mol. The van der Waals surface area contributed by atoms with E-state index in [1.54, 1.807) is 38.1 Å². The average Bonchev–Trinajstić information content (AvgIpc) is 3.41. The van der Waals surface area contributed by atoms with Gasteiger partial charge in [-0.05, 0) is 62.3 Å². The highest BCUT2D eigenvalue weighted by molar-refractivity contribution is 8.03. The number of allylic oxidation sites excluding steroid dienone is 1. The summed E-state index contributed by atoms with van der Waals surface area (Å²) in [5.41, 5.74) is 3.64. The minimum absolute atomic E-state index is 0.0651. The third-order valence-corrected chi connectivity index (χ3v) is 10.0. The fraction of sp³-hybridized carbons (Fsp3) is 0.294. The third kappa shape index (κ3) is 6.96. The lowest BCUT2D eigenvalue weighted by Gasteiger charge is -2.31. The maximum absolute atomic E-state index is 13.5. The van der Waals surface area contributed by atoms with Gasteiger partial charge in [0.25, 0.3) is 0 Å². The molecule has 0 fully saturated rings. The molecule has 1 amide bonds. The molecule has 232 valence electrons. The van der Waals surface area contributed by atoms with Crippen molar-refractivity contribution < 1.29 is 23.9 Å². The van der Waals surface area contributed by atoms with Crippen molar-refractivity contribution in [3.8, 4) is 6.07 Å². The van der Waals surface area contributed by atoms with Crippen molar-refractivity contribution >= 4 is 63.2 Å². The summed E-state index contributed by atoms with van der Waals surface area (Å²) in [5.74, 6) is -2.26. The predicted octanol–water partition coefficient (Wildman–Crippen LogP) is 7.23. The summed E-state index contributed by atoms with van der Waals surface area (Å²) in [5, 5.41) is 18.0. The minimum Gasteiger partial charge on any atom is -0.463 e. The Labute approximate surface area is 275 Å². The van der Waals surface area contributed by atoms with Crippen LogP contribution in [-0.2, 0) is 31.9 Å². The van der Waals surface area contributed by atoms with Crippen LogP contribution in [0.1, 0.15) is 64.5 Å². The van der Waals surface area contributed by atoms with Gasteiger partial charge in [0.05, 0.1) is 58.4 Å². The van der Waals surface area contributed by atoms with Gasteiger partial charge in [0, 0.05) is 9.90 Å². The van der Waals surface area contributed by atoms with Crippen molar-refractivity contribution in [3.05, 3.63) is 103 Å². The highest BCUT2D eigenvalue weighted by Gasteiger charge is 2.38. The van der Waals surface area contributed by atoms with Crippen molar-refractivity contribution in [2.45, 2.75) is 45.4 Å². The van der Waals surface area contributed by atoms with Crippen molar-refractivity contribution in [2.24, 2.45) is 0 Å². The van der Waals surface area contributed by atoms with E-state index in [9.17, 15) is 19.6 Å². The van der Waals surface area contributed by atoms with Gasteiger partial charge in [-0.2, -0.15) is 5.26 Å². The number of esters is 2. The Kier molecular flexibility index (Phi) is 10.7. The second-order valence-corrected chi connectivity index (χ2v) is 12.8. The van der Waals surface area contributed by atoms with Gasteiger partial charge in [-0.3, -0.25) is 4.79 Å². The first-order valence-corrected chi connectivity index (χ1v) is 16.9. The lowest BCUT2D eigenvalue weighted by Crippen LogP contribution is -2.30. The number of anilines is 1. The molecule has 0 saturated heterocycles. The summed E-state index contributed by atoms with van der Waals surface area (Å²) in [6.07, 6.45) is 3.65. The number of aryl methyl sites for hydroxylation is 1. The van der Waals surface area contributed by atoms with Gasteiger partial charge in [0.1, 0.15) is 5.00 Å². The molecule has 2 aliphatic rings. The lowest BCUT2D eigenvalue weighted by molar-refractivity contribution is -0.138. The predicted molar refractivity (Wildman–Crippen MR) is 178 cm³/mol.